The lowest BCUT2D eigenvalue weighted by Gasteiger charge is -2.07. The summed E-state index contributed by atoms with van der Waals surface area (Å²) >= 11 is 0. The van der Waals surface area contributed by atoms with Crippen LogP contribution in [0.1, 0.15) is 27.0 Å². The highest BCUT2D eigenvalue weighted by Crippen LogP contribution is 2.16. The number of H-pyrrole nitrogens is 4. The number of aromatic nitrogens is 4. The molecule has 0 amide bonds. The number of aliphatic imine (C=N–C) groups is 1. The number of nitrogens with zero attached hydrogens (tertiary/aromatic N) is 1. The molecule has 256 valence electrons. The van der Waals surface area contributed by atoms with Crippen LogP contribution in [0, 0.1) is 23.3 Å². The van der Waals surface area contributed by atoms with Crippen LogP contribution in [0.15, 0.2) is 134 Å². The molecule has 0 unspecified atom stereocenters. The highest BCUT2D eigenvalue weighted by atomic mass is 19.1. The summed E-state index contributed by atoms with van der Waals surface area (Å²) in [6, 6.07) is 21.5. The van der Waals surface area contributed by atoms with Crippen molar-refractivity contribution >= 4 is 22.9 Å². The second-order valence-corrected chi connectivity index (χ2v) is 9.80. The number of halogens is 4. The number of hydrogen-bond acceptors (Lipinski definition) is 8. The Bertz CT molecular complexity index is 2220. The molecule has 0 aliphatic rings. The zero-order chi connectivity index (χ0) is 35.5. The Balaban J connectivity index is 0.000000224. The van der Waals surface area contributed by atoms with E-state index in [0.29, 0.717) is 28.0 Å². The van der Waals surface area contributed by atoms with Gasteiger partial charge in [-0.3, -0.25) is 24.4 Å². The van der Waals surface area contributed by atoms with Crippen molar-refractivity contribution in [3.63, 3.8) is 0 Å². The Morgan fingerprint density at radius 2 is 0.860 bits per heavy atom. The molecule has 0 radical (unpaired) electrons. The highest BCUT2D eigenvalue weighted by Gasteiger charge is 2.11. The normalized spacial score (nSPS) is 9.92. The maximum absolute atomic E-state index is 13.2. The Kier molecular flexibility index (Phi) is 13.0. The van der Waals surface area contributed by atoms with Crippen LogP contribution >= 0.6 is 0 Å². The predicted molar refractivity (Wildman–Crippen MR) is 176 cm³/mol. The quantitative estimate of drug-likeness (QED) is 0.101. The molecule has 6 aromatic rings. The van der Waals surface area contributed by atoms with E-state index in [1.54, 1.807) is 0 Å². The van der Waals surface area contributed by atoms with E-state index in [2.05, 4.69) is 19.9 Å². The van der Waals surface area contributed by atoms with Gasteiger partial charge in [-0.05, 0) is 97.1 Å². The molecule has 0 saturated heterocycles. The van der Waals surface area contributed by atoms with Gasteiger partial charge >= 0.3 is 11.4 Å². The van der Waals surface area contributed by atoms with Crippen LogP contribution in [0.3, 0.4) is 0 Å². The van der Waals surface area contributed by atoms with Crippen molar-refractivity contribution in [2.45, 2.75) is 0 Å². The minimum atomic E-state index is -0.666. The van der Waals surface area contributed by atoms with Crippen LogP contribution in [0.25, 0.3) is 0 Å². The first kappa shape index (κ1) is 37.5. The molecule has 0 aliphatic heterocycles. The topological polar surface area (TPSA) is 217 Å². The second-order valence-electron chi connectivity index (χ2n) is 9.80. The average molecular weight is 690 g/mol. The monoisotopic (exact) mass is 689 g/mol. The van der Waals surface area contributed by atoms with E-state index in [-0.39, 0.29) is 22.6 Å². The molecule has 0 saturated carbocycles. The van der Waals surface area contributed by atoms with E-state index < -0.39 is 45.8 Å². The van der Waals surface area contributed by atoms with Crippen LogP contribution in [0.4, 0.5) is 28.9 Å². The summed E-state index contributed by atoms with van der Waals surface area (Å²) in [5, 5.41) is 0. The number of nitrogens with one attached hydrogen (secondary N) is 4. The molecule has 7 N–H and O–H groups in total. The third-order valence-electron chi connectivity index (χ3n) is 6.33. The minimum absolute atomic E-state index is 0. The van der Waals surface area contributed by atoms with Gasteiger partial charge in [-0.25, -0.2) is 32.1 Å². The molecule has 16 heteroatoms. The van der Waals surface area contributed by atoms with Gasteiger partial charge in [-0.2, -0.15) is 0 Å². The molecule has 2 heterocycles. The molecule has 50 heavy (non-hydrogen) atoms. The van der Waals surface area contributed by atoms with Crippen LogP contribution in [-0.2, 0) is 0 Å². The summed E-state index contributed by atoms with van der Waals surface area (Å²) in [6.45, 7) is 0. The summed E-state index contributed by atoms with van der Waals surface area (Å²) in [6.07, 6.45) is 2.33. The van der Waals surface area contributed by atoms with Gasteiger partial charge in [0.1, 0.15) is 34.6 Å². The van der Waals surface area contributed by atoms with Crippen molar-refractivity contribution in [3.8, 4) is 0 Å². The van der Waals surface area contributed by atoms with Gasteiger partial charge < -0.3 is 21.2 Å². The number of rotatable bonds is 5. The maximum atomic E-state index is 13.2. The summed E-state index contributed by atoms with van der Waals surface area (Å²) in [5.41, 5.74) is 4.81. The Hall–Kier alpha value is -6.94. The van der Waals surface area contributed by atoms with E-state index in [1.165, 1.54) is 103 Å². The average Bonchev–Trinajstić information content (AvgIpc) is 3.08. The van der Waals surface area contributed by atoms with Gasteiger partial charge in [-0.1, -0.05) is 0 Å². The van der Waals surface area contributed by atoms with E-state index in [9.17, 15) is 41.5 Å². The number of nitrogen functional groups attached to an aromatic ring is 1. The number of benzene rings is 4. The van der Waals surface area contributed by atoms with Gasteiger partial charge in [0.25, 0.3) is 11.1 Å². The minimum Gasteiger partial charge on any atom is -0.870 e. The third kappa shape index (κ3) is 10.5. The molecular formula is C34H25F4N6O6-. The molecule has 0 aliphatic carbocycles. The Morgan fingerprint density at radius 1 is 0.520 bits per heavy atom. The van der Waals surface area contributed by atoms with E-state index in [0.717, 1.165) is 6.20 Å². The van der Waals surface area contributed by atoms with Crippen LogP contribution < -0.4 is 28.2 Å². The standard InChI is InChI=1S/C17H11F2N3O2.C13H8F2O.C4H5N3O2.H2O/c18-12-5-1-10(2-6-12)15(11-3-7-13(19)8-4-11)21-14-9-20-17(24)22-16(14)23;14-11-5-1-9(2-6-11)13(16)10-3-7-12(15)8-4-10;5-2-1-6-4(9)7-3(2)8;/h1-9H,(H2,20,22,23,24);1-8H;1H,5H2,(H2,6,7,8,9);1H2/p-1. The van der Waals surface area contributed by atoms with Gasteiger partial charge in [0.05, 0.1) is 5.71 Å². The summed E-state index contributed by atoms with van der Waals surface area (Å²) < 4.78 is 51.6. The number of ketones is 1. The van der Waals surface area contributed by atoms with Crippen molar-refractivity contribution in [3.05, 3.63) is 197 Å². The smallest absolute Gasteiger partial charge is 0.325 e. The van der Waals surface area contributed by atoms with E-state index in [4.69, 9.17) is 5.73 Å². The lowest BCUT2D eigenvalue weighted by atomic mass is 10.0. The van der Waals surface area contributed by atoms with Gasteiger partial charge in [0.15, 0.2) is 5.78 Å². The summed E-state index contributed by atoms with van der Waals surface area (Å²) in [7, 11) is 0. The van der Waals surface area contributed by atoms with E-state index in [1.807, 2.05) is 4.98 Å². The summed E-state index contributed by atoms with van der Waals surface area (Å²) in [5.74, 6) is -1.87. The zero-order valence-corrected chi connectivity index (χ0v) is 25.4. The van der Waals surface area contributed by atoms with Crippen molar-refractivity contribution in [1.82, 2.24) is 19.9 Å². The first-order valence-corrected chi connectivity index (χ1v) is 14.0. The van der Waals surface area contributed by atoms with Gasteiger partial charge in [0, 0.05) is 34.6 Å². The van der Waals surface area contributed by atoms with Crippen molar-refractivity contribution in [2.75, 3.05) is 5.73 Å². The van der Waals surface area contributed by atoms with Crippen molar-refractivity contribution < 1.29 is 27.8 Å². The number of carbonyl (C=O) groups is 1. The lowest BCUT2D eigenvalue weighted by Crippen LogP contribution is -2.23. The molecular weight excluding hydrogens is 664 g/mol. The highest BCUT2D eigenvalue weighted by molar-refractivity contribution is 6.14. The third-order valence-corrected chi connectivity index (χ3v) is 6.33. The zero-order valence-electron chi connectivity index (χ0n) is 25.4. The number of nitrogens with two attached hydrogens (primary N) is 1. The largest absolute Gasteiger partial charge is 0.870 e. The predicted octanol–water partition coefficient (Wildman–Crippen LogP) is 4.17. The Morgan fingerprint density at radius 3 is 1.20 bits per heavy atom. The van der Waals surface area contributed by atoms with E-state index >= 15 is 0 Å². The molecule has 0 fully saturated rings. The van der Waals surface area contributed by atoms with Crippen LogP contribution in [0.5, 0.6) is 0 Å². The lowest BCUT2D eigenvalue weighted by molar-refractivity contribution is 0.103. The molecule has 0 atom stereocenters. The fraction of sp³-hybridized carbons (Fsp3) is 0. The maximum Gasteiger partial charge on any atom is 0.325 e. The molecule has 0 spiro atoms. The number of carbonyl (C=O) groups excluding carboxylic acids is 1. The fourth-order valence-electron chi connectivity index (χ4n) is 3.91. The molecule has 2 aromatic heterocycles. The number of aromatic amines is 4. The Labute approximate surface area is 278 Å². The summed E-state index contributed by atoms with van der Waals surface area (Å²) in [4.78, 5) is 68.3. The molecule has 12 nitrogen and oxygen atoms in total. The molecule has 4 aromatic carbocycles. The van der Waals surface area contributed by atoms with Crippen molar-refractivity contribution in [1.29, 1.82) is 0 Å². The van der Waals surface area contributed by atoms with Crippen LogP contribution in [-0.4, -0.2) is 36.9 Å². The first-order chi connectivity index (χ1) is 23.4. The molecule has 6 rings (SSSR count). The second kappa shape index (κ2) is 17.3. The van der Waals surface area contributed by atoms with Gasteiger partial charge in [0.2, 0.25) is 0 Å². The molecule has 0 bridgehead atoms. The number of anilines is 1. The van der Waals surface area contributed by atoms with Gasteiger partial charge in [-0.15, -0.1) is 0 Å². The number of hydrogen-bond donors (Lipinski definition) is 5. The SMILES string of the molecule is Nc1c[nH]c(=O)[nH]c1=O.O=C(c1ccc(F)cc1)c1ccc(F)cc1.O=c1[nH]cc(N=C(c2ccc(F)cc2)c2ccc(F)cc2)c(=O)[nH]1.[OH-]. The van der Waals surface area contributed by atoms with Crippen molar-refractivity contribution in [2.24, 2.45) is 4.99 Å². The fourth-order valence-corrected chi connectivity index (χ4v) is 3.91. The van der Waals surface area contributed by atoms with Crippen LogP contribution in [0.2, 0.25) is 0 Å². The first-order valence-electron chi connectivity index (χ1n) is 14.0.